The van der Waals surface area contributed by atoms with Gasteiger partial charge in [0.1, 0.15) is 11.9 Å². The van der Waals surface area contributed by atoms with Crippen molar-refractivity contribution >= 4 is 17.4 Å². The summed E-state index contributed by atoms with van der Waals surface area (Å²) in [6.45, 7) is 4.48. The lowest BCUT2D eigenvalue weighted by Crippen LogP contribution is -2.55. The second-order valence-corrected chi connectivity index (χ2v) is 4.63. The number of carbonyl (C=O) groups excluding carboxylic acids is 2. The molecule has 19 heavy (non-hydrogen) atoms. The van der Waals surface area contributed by atoms with Crippen molar-refractivity contribution in [2.24, 2.45) is 0 Å². The first kappa shape index (κ1) is 13.5. The van der Waals surface area contributed by atoms with Crippen LogP contribution in [0.25, 0.3) is 0 Å². The minimum absolute atomic E-state index is 0.0485. The molecule has 1 aliphatic heterocycles. The maximum absolute atomic E-state index is 13.3. The Morgan fingerprint density at radius 3 is 2.89 bits per heavy atom. The number of ketones is 1. The van der Waals surface area contributed by atoms with Crippen LogP contribution in [0.5, 0.6) is 0 Å². The van der Waals surface area contributed by atoms with Crippen LogP contribution in [-0.4, -0.2) is 30.8 Å². The van der Waals surface area contributed by atoms with Gasteiger partial charge >= 0.3 is 0 Å². The summed E-state index contributed by atoms with van der Waals surface area (Å²) in [5.74, 6) is -0.689. The molecular formula is C14H17FN2O2. The third kappa shape index (κ3) is 2.59. The van der Waals surface area contributed by atoms with Crippen LogP contribution in [0.1, 0.15) is 30.6 Å². The van der Waals surface area contributed by atoms with E-state index < -0.39 is 5.82 Å². The van der Waals surface area contributed by atoms with Gasteiger partial charge in [0.25, 0.3) is 0 Å². The lowest BCUT2D eigenvalue weighted by atomic mass is 10.0. The second kappa shape index (κ2) is 5.38. The molecule has 2 rings (SSSR count). The number of benzene rings is 1. The Balaban J connectivity index is 2.45. The van der Waals surface area contributed by atoms with E-state index in [2.05, 4.69) is 5.32 Å². The molecule has 1 N–H and O–H groups in total. The number of Topliss-reactive ketones (excluding diaryl/α,β-unsaturated/α-hetero) is 1. The summed E-state index contributed by atoms with van der Waals surface area (Å²) in [5.41, 5.74) is 0.962. The van der Waals surface area contributed by atoms with Gasteiger partial charge in [-0.05, 0) is 31.5 Å². The maximum Gasteiger partial charge on any atom is 0.242 e. The largest absolute Gasteiger partial charge is 0.357 e. The first-order chi connectivity index (χ1) is 9.04. The molecule has 0 saturated carbocycles. The Labute approximate surface area is 111 Å². The van der Waals surface area contributed by atoms with E-state index >= 15 is 0 Å². The smallest absolute Gasteiger partial charge is 0.242 e. The van der Waals surface area contributed by atoms with Gasteiger partial charge in [-0.25, -0.2) is 4.39 Å². The molecule has 1 unspecified atom stereocenters. The molecule has 1 amide bonds. The summed E-state index contributed by atoms with van der Waals surface area (Å²) >= 11 is 0. The van der Waals surface area contributed by atoms with Crippen LogP contribution in [0.3, 0.4) is 0 Å². The molecule has 5 heteroatoms. The topological polar surface area (TPSA) is 49.4 Å². The molecule has 1 aromatic carbocycles. The molecular weight excluding hydrogens is 247 g/mol. The minimum atomic E-state index is -0.441. The van der Waals surface area contributed by atoms with Crippen LogP contribution >= 0.6 is 0 Å². The van der Waals surface area contributed by atoms with E-state index in [0.717, 1.165) is 0 Å². The predicted molar refractivity (Wildman–Crippen MR) is 70.8 cm³/mol. The first-order valence-corrected chi connectivity index (χ1v) is 6.39. The van der Waals surface area contributed by atoms with E-state index in [9.17, 15) is 14.0 Å². The predicted octanol–water partition coefficient (Wildman–Crippen LogP) is 1.74. The number of amides is 1. The van der Waals surface area contributed by atoms with Gasteiger partial charge in [-0.15, -0.1) is 0 Å². The molecule has 1 atom stereocenters. The lowest BCUT2D eigenvalue weighted by Gasteiger charge is -2.37. The van der Waals surface area contributed by atoms with Crippen molar-refractivity contribution in [1.82, 2.24) is 5.32 Å². The van der Waals surface area contributed by atoms with Crippen molar-refractivity contribution in [3.05, 3.63) is 29.6 Å². The Morgan fingerprint density at radius 1 is 1.53 bits per heavy atom. The zero-order chi connectivity index (χ0) is 14.0. The van der Waals surface area contributed by atoms with Gasteiger partial charge in [0.15, 0.2) is 5.78 Å². The molecule has 102 valence electrons. The van der Waals surface area contributed by atoms with Gasteiger partial charge < -0.3 is 10.2 Å². The standard InChI is InChI=1S/C14H17FN2O2/c1-3-12-14(19)16-6-7-17(12)13-5-4-10(15)8-11(13)9(2)18/h4-5,8,12H,3,6-7H2,1-2H3,(H,16,19). The SMILES string of the molecule is CCC1C(=O)NCCN1c1ccc(F)cc1C(C)=O. The van der Waals surface area contributed by atoms with Gasteiger partial charge in [-0.2, -0.15) is 0 Å². The van der Waals surface area contributed by atoms with Crippen molar-refractivity contribution in [3.8, 4) is 0 Å². The normalized spacial score (nSPS) is 19.2. The molecule has 4 nitrogen and oxygen atoms in total. The summed E-state index contributed by atoms with van der Waals surface area (Å²) in [4.78, 5) is 25.4. The molecule has 1 fully saturated rings. The molecule has 1 heterocycles. The maximum atomic E-state index is 13.3. The summed E-state index contributed by atoms with van der Waals surface area (Å²) in [5, 5.41) is 2.80. The number of rotatable bonds is 3. The van der Waals surface area contributed by atoms with E-state index in [1.54, 1.807) is 6.07 Å². The first-order valence-electron chi connectivity index (χ1n) is 6.39. The molecule has 0 aromatic heterocycles. The van der Waals surface area contributed by atoms with Crippen molar-refractivity contribution in [3.63, 3.8) is 0 Å². The lowest BCUT2D eigenvalue weighted by molar-refractivity contribution is -0.123. The second-order valence-electron chi connectivity index (χ2n) is 4.63. The van der Waals surface area contributed by atoms with Gasteiger partial charge in [0.2, 0.25) is 5.91 Å². The number of nitrogens with one attached hydrogen (secondary N) is 1. The third-order valence-electron chi connectivity index (χ3n) is 3.36. The monoisotopic (exact) mass is 264 g/mol. The van der Waals surface area contributed by atoms with Gasteiger partial charge in [-0.3, -0.25) is 9.59 Å². The van der Waals surface area contributed by atoms with Crippen LogP contribution < -0.4 is 10.2 Å². The van der Waals surface area contributed by atoms with E-state index in [4.69, 9.17) is 0 Å². The van der Waals surface area contributed by atoms with Crippen LogP contribution in [0.2, 0.25) is 0 Å². The Kier molecular flexibility index (Phi) is 3.83. The van der Waals surface area contributed by atoms with Gasteiger partial charge in [0.05, 0.1) is 0 Å². The highest BCUT2D eigenvalue weighted by Crippen LogP contribution is 2.26. The quantitative estimate of drug-likeness (QED) is 0.846. The zero-order valence-corrected chi connectivity index (χ0v) is 11.1. The van der Waals surface area contributed by atoms with Crippen LogP contribution in [0.4, 0.5) is 10.1 Å². The molecule has 0 bridgehead atoms. The average molecular weight is 264 g/mol. The number of nitrogens with zero attached hydrogens (tertiary/aromatic N) is 1. The van der Waals surface area contributed by atoms with Crippen LogP contribution in [0.15, 0.2) is 18.2 Å². The van der Waals surface area contributed by atoms with Crippen molar-refractivity contribution in [1.29, 1.82) is 0 Å². The fraction of sp³-hybridized carbons (Fsp3) is 0.429. The summed E-state index contributed by atoms with van der Waals surface area (Å²) in [7, 11) is 0. The van der Waals surface area contributed by atoms with Crippen molar-refractivity contribution < 1.29 is 14.0 Å². The molecule has 0 radical (unpaired) electrons. The minimum Gasteiger partial charge on any atom is -0.357 e. The highest BCUT2D eigenvalue weighted by atomic mass is 19.1. The number of carbonyl (C=O) groups is 2. The Hall–Kier alpha value is -1.91. The average Bonchev–Trinajstić information content (AvgIpc) is 2.38. The zero-order valence-electron chi connectivity index (χ0n) is 11.1. The number of halogens is 1. The highest BCUT2D eigenvalue weighted by molar-refractivity contribution is 6.00. The van der Waals surface area contributed by atoms with Crippen molar-refractivity contribution in [2.75, 3.05) is 18.0 Å². The third-order valence-corrected chi connectivity index (χ3v) is 3.36. The summed E-state index contributed by atoms with van der Waals surface area (Å²) < 4.78 is 13.3. The Morgan fingerprint density at radius 2 is 2.26 bits per heavy atom. The van der Waals surface area contributed by atoms with Crippen LogP contribution in [-0.2, 0) is 4.79 Å². The summed E-state index contributed by atoms with van der Waals surface area (Å²) in [6.07, 6.45) is 0.639. The fourth-order valence-electron chi connectivity index (χ4n) is 2.45. The number of anilines is 1. The van der Waals surface area contributed by atoms with Gasteiger partial charge in [-0.1, -0.05) is 6.92 Å². The summed E-state index contributed by atoms with van der Waals surface area (Å²) in [6, 6.07) is 3.82. The van der Waals surface area contributed by atoms with E-state index in [-0.39, 0.29) is 17.7 Å². The Bertz CT molecular complexity index is 516. The molecule has 0 spiro atoms. The molecule has 0 aliphatic carbocycles. The van der Waals surface area contributed by atoms with E-state index in [0.29, 0.717) is 30.8 Å². The van der Waals surface area contributed by atoms with E-state index in [1.165, 1.54) is 19.1 Å². The fourth-order valence-corrected chi connectivity index (χ4v) is 2.45. The van der Waals surface area contributed by atoms with Crippen molar-refractivity contribution in [2.45, 2.75) is 26.3 Å². The number of hydrogen-bond acceptors (Lipinski definition) is 3. The molecule has 1 aliphatic rings. The molecule has 1 saturated heterocycles. The van der Waals surface area contributed by atoms with Gasteiger partial charge in [0, 0.05) is 24.3 Å². The van der Waals surface area contributed by atoms with Crippen LogP contribution in [0, 0.1) is 5.82 Å². The highest BCUT2D eigenvalue weighted by Gasteiger charge is 2.30. The molecule has 1 aromatic rings. The number of piperazine rings is 1. The van der Waals surface area contributed by atoms with E-state index in [1.807, 2.05) is 11.8 Å². The number of hydrogen-bond donors (Lipinski definition) is 1.